The Labute approximate surface area is 197 Å². The largest absolute Gasteiger partial charge is 0.426 e. The third-order valence-corrected chi connectivity index (χ3v) is 8.01. The number of fused-ring (bicyclic) bond motifs is 3. The van der Waals surface area contributed by atoms with Crippen LogP contribution in [0.15, 0.2) is 35.9 Å². The summed E-state index contributed by atoms with van der Waals surface area (Å²) in [6, 6.07) is 6.35. The highest BCUT2D eigenvalue weighted by Gasteiger charge is 2.59. The first-order valence-corrected chi connectivity index (χ1v) is 12.9. The van der Waals surface area contributed by atoms with Crippen LogP contribution < -0.4 is 4.52 Å². The number of benzene rings is 1. The first-order valence-electron chi connectivity index (χ1n) is 11.7. The van der Waals surface area contributed by atoms with Crippen LogP contribution in [0.5, 0.6) is 5.75 Å². The van der Waals surface area contributed by atoms with E-state index in [0.717, 1.165) is 11.1 Å². The highest BCUT2D eigenvalue weighted by molar-refractivity contribution is 7.41. The third kappa shape index (κ3) is 4.22. The van der Waals surface area contributed by atoms with E-state index in [1.807, 2.05) is 6.07 Å². The van der Waals surface area contributed by atoms with Gasteiger partial charge < -0.3 is 9.42 Å². The van der Waals surface area contributed by atoms with Crippen molar-refractivity contribution in [3.05, 3.63) is 47.1 Å². The van der Waals surface area contributed by atoms with Gasteiger partial charge in [0.2, 0.25) is 0 Å². The van der Waals surface area contributed by atoms with Crippen molar-refractivity contribution in [3.63, 3.8) is 0 Å². The number of rotatable bonds is 0. The van der Waals surface area contributed by atoms with Crippen molar-refractivity contribution in [1.82, 2.24) is 0 Å². The lowest BCUT2D eigenvalue weighted by Crippen LogP contribution is -2.55. The Morgan fingerprint density at radius 1 is 0.844 bits per heavy atom. The van der Waals surface area contributed by atoms with Gasteiger partial charge in [0.25, 0.3) is 0 Å². The lowest BCUT2D eigenvalue weighted by Gasteiger charge is -2.58. The molecule has 0 aromatic heterocycles. The van der Waals surface area contributed by atoms with Crippen LogP contribution in [0.2, 0.25) is 0 Å². The fraction of sp³-hybridized carbons (Fsp3) is 0.643. The molecular formula is C28H43O3P. The van der Waals surface area contributed by atoms with E-state index in [2.05, 4.69) is 107 Å². The Bertz CT molecular complexity index is 929. The second-order valence-corrected chi connectivity index (χ2v) is 14.5. The summed E-state index contributed by atoms with van der Waals surface area (Å²) in [7, 11) is -2.05. The van der Waals surface area contributed by atoms with Crippen LogP contribution in [-0.2, 0) is 9.94 Å². The molecule has 0 saturated heterocycles. The topological polar surface area (TPSA) is 38.7 Å². The standard InChI is InChI=1S/C28H43O3P/c1-24(2,3)18-13-14-22-20(15-18)21-16-19(25(4,5)6)17-28(26(7,8)9,27(10,11)12)23(21)31-32(29)30-22/h13-17,23,29H,1-12H3. The summed E-state index contributed by atoms with van der Waals surface area (Å²) >= 11 is 0. The Morgan fingerprint density at radius 3 is 1.88 bits per heavy atom. The maximum Gasteiger partial charge on any atom is 0.395 e. The highest BCUT2D eigenvalue weighted by Crippen LogP contribution is 2.65. The van der Waals surface area contributed by atoms with Crippen LogP contribution in [0.1, 0.15) is 94.2 Å². The Kier molecular flexibility index (Phi) is 6.12. The minimum absolute atomic E-state index is 0.00467. The first kappa shape index (κ1) is 25.5. The molecule has 1 aliphatic carbocycles. The van der Waals surface area contributed by atoms with E-state index in [-0.39, 0.29) is 33.2 Å². The smallest absolute Gasteiger partial charge is 0.395 e. The monoisotopic (exact) mass is 458 g/mol. The Morgan fingerprint density at radius 2 is 1.41 bits per heavy atom. The summed E-state index contributed by atoms with van der Waals surface area (Å²) in [5.74, 6) is 0.701. The van der Waals surface area contributed by atoms with Gasteiger partial charge in [0.1, 0.15) is 11.9 Å². The van der Waals surface area contributed by atoms with Gasteiger partial charge in [-0.2, -0.15) is 0 Å². The number of hydrogen-bond donors (Lipinski definition) is 1. The molecule has 0 saturated carbocycles. The van der Waals surface area contributed by atoms with E-state index < -0.39 is 8.60 Å². The zero-order valence-electron chi connectivity index (χ0n) is 22.2. The van der Waals surface area contributed by atoms with Gasteiger partial charge in [0.15, 0.2) is 0 Å². The van der Waals surface area contributed by atoms with Gasteiger partial charge in [0.05, 0.1) is 0 Å². The van der Waals surface area contributed by atoms with Gasteiger partial charge in [-0.3, -0.25) is 4.52 Å². The van der Waals surface area contributed by atoms with Crippen molar-refractivity contribution < 1.29 is 13.9 Å². The lowest BCUT2D eigenvalue weighted by atomic mass is 9.48. The second kappa shape index (κ2) is 7.69. The maximum atomic E-state index is 10.9. The molecule has 0 fully saturated rings. The summed E-state index contributed by atoms with van der Waals surface area (Å²) in [5.41, 5.74) is 4.04. The highest BCUT2D eigenvalue weighted by atomic mass is 31.2. The van der Waals surface area contributed by atoms with Crippen LogP contribution in [0.25, 0.3) is 5.57 Å². The van der Waals surface area contributed by atoms with Crippen molar-refractivity contribution in [1.29, 1.82) is 0 Å². The van der Waals surface area contributed by atoms with Crippen LogP contribution in [0.3, 0.4) is 0 Å². The van der Waals surface area contributed by atoms with Crippen molar-refractivity contribution >= 4 is 14.2 Å². The average Bonchev–Trinajstić information content (AvgIpc) is 2.72. The van der Waals surface area contributed by atoms with Crippen LogP contribution >= 0.6 is 8.60 Å². The van der Waals surface area contributed by atoms with Gasteiger partial charge in [-0.15, -0.1) is 0 Å². The SMILES string of the molecule is CC(C)(C)C1=CC(C(C)(C)C)(C(C)(C)C)C2OP(O)Oc3ccc(C(C)(C)C)cc3C2=C1. The molecule has 3 rings (SSSR count). The molecule has 1 aromatic rings. The van der Waals surface area contributed by atoms with Gasteiger partial charge in [-0.05, 0) is 50.5 Å². The second-order valence-electron chi connectivity index (χ2n) is 13.6. The number of hydrogen-bond acceptors (Lipinski definition) is 3. The maximum absolute atomic E-state index is 10.9. The molecule has 3 nitrogen and oxygen atoms in total. The molecule has 178 valence electrons. The fourth-order valence-electron chi connectivity index (χ4n) is 5.49. The molecule has 0 spiro atoms. The summed E-state index contributed by atoms with van der Waals surface area (Å²) in [4.78, 5) is 10.9. The predicted octanol–water partition coefficient (Wildman–Crippen LogP) is 8.43. The molecule has 2 unspecified atom stereocenters. The fourth-order valence-corrected chi connectivity index (χ4v) is 6.32. The normalized spacial score (nSPS) is 23.9. The molecule has 32 heavy (non-hydrogen) atoms. The first-order chi connectivity index (χ1) is 14.3. The molecule has 1 aromatic carbocycles. The molecule has 1 N–H and O–H groups in total. The van der Waals surface area contributed by atoms with E-state index >= 15 is 0 Å². The lowest BCUT2D eigenvalue weighted by molar-refractivity contribution is -0.0580. The van der Waals surface area contributed by atoms with E-state index in [1.165, 1.54) is 11.1 Å². The third-order valence-electron chi connectivity index (χ3n) is 7.27. The molecule has 0 bridgehead atoms. The summed E-state index contributed by atoms with van der Waals surface area (Å²) in [6.07, 6.45) is 4.42. The molecule has 4 heteroatoms. The molecule has 2 aliphatic rings. The number of allylic oxidation sites excluding steroid dienone is 2. The van der Waals surface area contributed by atoms with Gasteiger partial charge in [0, 0.05) is 11.0 Å². The van der Waals surface area contributed by atoms with Crippen molar-refractivity contribution in [2.75, 3.05) is 0 Å². The Balaban J connectivity index is 2.43. The quantitative estimate of drug-likeness (QED) is 0.397. The summed E-state index contributed by atoms with van der Waals surface area (Å²) in [6.45, 7) is 27.2. The zero-order chi connectivity index (χ0) is 24.5. The molecule has 1 aliphatic heterocycles. The van der Waals surface area contributed by atoms with Crippen molar-refractivity contribution in [3.8, 4) is 5.75 Å². The molecule has 1 heterocycles. The Hall–Kier alpha value is -1.15. The van der Waals surface area contributed by atoms with Crippen LogP contribution in [0, 0.1) is 21.7 Å². The van der Waals surface area contributed by atoms with Crippen LogP contribution in [-0.4, -0.2) is 11.0 Å². The van der Waals surface area contributed by atoms with Gasteiger partial charge in [-0.1, -0.05) is 101 Å². The van der Waals surface area contributed by atoms with Gasteiger partial charge in [-0.25, -0.2) is 0 Å². The van der Waals surface area contributed by atoms with E-state index in [0.29, 0.717) is 5.75 Å². The zero-order valence-corrected chi connectivity index (χ0v) is 23.1. The van der Waals surface area contributed by atoms with E-state index in [4.69, 9.17) is 9.05 Å². The predicted molar refractivity (Wildman–Crippen MR) is 137 cm³/mol. The van der Waals surface area contributed by atoms with E-state index in [9.17, 15) is 4.89 Å². The minimum atomic E-state index is -2.05. The molecular weight excluding hydrogens is 415 g/mol. The van der Waals surface area contributed by atoms with Crippen molar-refractivity contribution in [2.45, 2.75) is 94.6 Å². The summed E-state index contributed by atoms with van der Waals surface area (Å²) in [5, 5.41) is 0. The molecule has 0 amide bonds. The van der Waals surface area contributed by atoms with Crippen molar-refractivity contribution in [2.24, 2.45) is 21.7 Å². The molecule has 2 atom stereocenters. The van der Waals surface area contributed by atoms with Crippen LogP contribution in [0.4, 0.5) is 0 Å². The van der Waals surface area contributed by atoms with E-state index in [1.54, 1.807) is 0 Å². The molecule has 0 radical (unpaired) electrons. The summed E-state index contributed by atoms with van der Waals surface area (Å²) < 4.78 is 12.4. The minimum Gasteiger partial charge on any atom is -0.426 e. The average molecular weight is 459 g/mol. The van der Waals surface area contributed by atoms with Gasteiger partial charge >= 0.3 is 8.60 Å².